The summed E-state index contributed by atoms with van der Waals surface area (Å²) in [5.74, 6) is -0.700. The van der Waals surface area contributed by atoms with Crippen LogP contribution in [0.5, 0.6) is 0 Å². The highest BCUT2D eigenvalue weighted by molar-refractivity contribution is 7.92. The predicted molar refractivity (Wildman–Crippen MR) is 169 cm³/mol. The van der Waals surface area contributed by atoms with Crippen LogP contribution in [-0.2, 0) is 32.6 Å². The second-order valence-electron chi connectivity index (χ2n) is 11.3. The minimum Gasteiger partial charge on any atom is -0.352 e. The fraction of sp³-hybridized carbons (Fsp3) is 0.394. The third-order valence-electron chi connectivity index (χ3n) is 7.78. The number of benzene rings is 3. The molecule has 224 valence electrons. The summed E-state index contributed by atoms with van der Waals surface area (Å²) in [4.78, 5) is 29.8. The monoisotopic (exact) mass is 609 g/mol. The Hall–Kier alpha value is -3.36. The van der Waals surface area contributed by atoms with Crippen molar-refractivity contribution in [3.8, 4) is 0 Å². The van der Waals surface area contributed by atoms with E-state index in [0.717, 1.165) is 64.9 Å². The first-order valence-corrected chi connectivity index (χ1v) is 16.7. The SMILES string of the molecule is Cc1cccc(CN(C(=O)CN(c2ccc(C)c(Cl)c2)S(C)(=O)=O)[C@@H](Cc2ccccc2)C(=O)NC2CCCCC2)c1. The molecular formula is C33H40ClN3O4S. The van der Waals surface area contributed by atoms with Crippen molar-refractivity contribution in [3.05, 3.63) is 100 Å². The first-order chi connectivity index (χ1) is 20.0. The quantitative estimate of drug-likeness (QED) is 0.297. The maximum atomic E-state index is 14.2. The fourth-order valence-corrected chi connectivity index (χ4v) is 6.47. The van der Waals surface area contributed by atoms with E-state index in [1.54, 1.807) is 18.2 Å². The maximum Gasteiger partial charge on any atom is 0.244 e. The summed E-state index contributed by atoms with van der Waals surface area (Å²) >= 11 is 6.33. The van der Waals surface area contributed by atoms with Crippen molar-refractivity contribution < 1.29 is 18.0 Å². The van der Waals surface area contributed by atoms with Crippen LogP contribution in [0.3, 0.4) is 0 Å². The molecule has 7 nitrogen and oxygen atoms in total. The number of anilines is 1. The van der Waals surface area contributed by atoms with Gasteiger partial charge in [-0.2, -0.15) is 0 Å². The fourth-order valence-electron chi connectivity index (χ4n) is 5.46. The minimum atomic E-state index is -3.86. The average molecular weight is 610 g/mol. The van der Waals surface area contributed by atoms with Crippen LogP contribution in [0.15, 0.2) is 72.8 Å². The molecule has 1 saturated carbocycles. The van der Waals surface area contributed by atoms with Gasteiger partial charge in [-0.25, -0.2) is 8.42 Å². The molecule has 1 fully saturated rings. The van der Waals surface area contributed by atoms with Gasteiger partial charge in [0, 0.05) is 24.0 Å². The van der Waals surface area contributed by atoms with Gasteiger partial charge in [0.25, 0.3) is 0 Å². The Morgan fingerprint density at radius 2 is 1.62 bits per heavy atom. The lowest BCUT2D eigenvalue weighted by Gasteiger charge is -2.35. The summed E-state index contributed by atoms with van der Waals surface area (Å²) in [6.45, 7) is 3.48. The Morgan fingerprint density at radius 1 is 0.929 bits per heavy atom. The van der Waals surface area contributed by atoms with E-state index < -0.39 is 28.5 Å². The van der Waals surface area contributed by atoms with E-state index in [1.807, 2.05) is 68.4 Å². The molecular weight excluding hydrogens is 570 g/mol. The van der Waals surface area contributed by atoms with Gasteiger partial charge in [0.1, 0.15) is 12.6 Å². The Morgan fingerprint density at radius 3 is 2.26 bits per heavy atom. The van der Waals surface area contributed by atoms with Crippen molar-refractivity contribution in [1.82, 2.24) is 10.2 Å². The molecule has 0 heterocycles. The second kappa shape index (κ2) is 14.2. The Bertz CT molecular complexity index is 1490. The average Bonchev–Trinajstić information content (AvgIpc) is 2.95. The summed E-state index contributed by atoms with van der Waals surface area (Å²) in [6, 6.07) is 21.5. The van der Waals surface area contributed by atoms with Gasteiger partial charge in [-0.1, -0.05) is 97.1 Å². The molecule has 2 amide bonds. The molecule has 0 unspecified atom stereocenters. The van der Waals surface area contributed by atoms with Gasteiger partial charge in [0.2, 0.25) is 21.8 Å². The number of hydrogen-bond donors (Lipinski definition) is 1. The number of nitrogens with one attached hydrogen (secondary N) is 1. The zero-order valence-electron chi connectivity index (χ0n) is 24.6. The highest BCUT2D eigenvalue weighted by Crippen LogP contribution is 2.26. The van der Waals surface area contributed by atoms with Gasteiger partial charge in [-0.15, -0.1) is 0 Å². The Labute approximate surface area is 254 Å². The number of carbonyl (C=O) groups excluding carboxylic acids is 2. The molecule has 0 aromatic heterocycles. The van der Waals surface area contributed by atoms with Crippen molar-refractivity contribution in [1.29, 1.82) is 0 Å². The number of sulfonamides is 1. The molecule has 3 aromatic rings. The van der Waals surface area contributed by atoms with Crippen LogP contribution < -0.4 is 9.62 Å². The number of aryl methyl sites for hydroxylation is 2. The number of amides is 2. The summed E-state index contributed by atoms with van der Waals surface area (Å²) in [7, 11) is -3.86. The van der Waals surface area contributed by atoms with Gasteiger partial charge < -0.3 is 10.2 Å². The van der Waals surface area contributed by atoms with Gasteiger partial charge in [0.15, 0.2) is 0 Å². The zero-order chi connectivity index (χ0) is 30.3. The van der Waals surface area contributed by atoms with Gasteiger partial charge in [-0.05, 0) is 55.5 Å². The molecule has 1 atom stereocenters. The van der Waals surface area contributed by atoms with Gasteiger partial charge in [-0.3, -0.25) is 13.9 Å². The molecule has 0 spiro atoms. The number of halogens is 1. The molecule has 1 aliphatic carbocycles. The molecule has 9 heteroatoms. The molecule has 0 radical (unpaired) electrons. The number of rotatable bonds is 11. The van der Waals surface area contributed by atoms with Crippen molar-refractivity contribution in [2.24, 2.45) is 0 Å². The van der Waals surface area contributed by atoms with Crippen LogP contribution in [0, 0.1) is 13.8 Å². The van der Waals surface area contributed by atoms with E-state index in [1.165, 1.54) is 4.90 Å². The van der Waals surface area contributed by atoms with E-state index in [4.69, 9.17) is 11.6 Å². The van der Waals surface area contributed by atoms with E-state index in [-0.39, 0.29) is 18.5 Å². The highest BCUT2D eigenvalue weighted by atomic mass is 35.5. The minimum absolute atomic E-state index is 0.0580. The van der Waals surface area contributed by atoms with Crippen LogP contribution in [0.4, 0.5) is 5.69 Å². The van der Waals surface area contributed by atoms with E-state index >= 15 is 0 Å². The lowest BCUT2D eigenvalue weighted by molar-refractivity contribution is -0.140. The summed E-state index contributed by atoms with van der Waals surface area (Å²) in [5.41, 5.74) is 3.88. The zero-order valence-corrected chi connectivity index (χ0v) is 26.1. The van der Waals surface area contributed by atoms with Crippen LogP contribution in [0.25, 0.3) is 0 Å². The summed E-state index contributed by atoms with van der Waals surface area (Å²) in [5, 5.41) is 3.62. The van der Waals surface area contributed by atoms with Gasteiger partial charge >= 0.3 is 0 Å². The second-order valence-corrected chi connectivity index (χ2v) is 13.6. The van der Waals surface area contributed by atoms with Crippen molar-refractivity contribution in [3.63, 3.8) is 0 Å². The molecule has 0 bridgehead atoms. The number of nitrogens with zero attached hydrogens (tertiary/aromatic N) is 2. The van der Waals surface area contributed by atoms with E-state index in [9.17, 15) is 18.0 Å². The molecule has 3 aromatic carbocycles. The molecule has 1 N–H and O–H groups in total. The van der Waals surface area contributed by atoms with Gasteiger partial charge in [0.05, 0.1) is 11.9 Å². The lowest BCUT2D eigenvalue weighted by atomic mass is 9.94. The Balaban J connectivity index is 1.73. The van der Waals surface area contributed by atoms with Crippen LogP contribution in [-0.4, -0.2) is 50.0 Å². The molecule has 42 heavy (non-hydrogen) atoms. The summed E-state index contributed by atoms with van der Waals surface area (Å²) in [6.07, 6.45) is 6.45. The van der Waals surface area contributed by atoms with Crippen LogP contribution in [0.2, 0.25) is 5.02 Å². The van der Waals surface area contributed by atoms with E-state index in [2.05, 4.69) is 5.32 Å². The molecule has 4 rings (SSSR count). The molecule has 1 aliphatic rings. The van der Waals surface area contributed by atoms with Crippen molar-refractivity contribution in [2.45, 2.75) is 71.0 Å². The molecule has 0 saturated heterocycles. The van der Waals surface area contributed by atoms with Crippen molar-refractivity contribution >= 4 is 39.1 Å². The smallest absolute Gasteiger partial charge is 0.244 e. The normalized spacial score (nSPS) is 14.7. The highest BCUT2D eigenvalue weighted by Gasteiger charge is 2.34. The third kappa shape index (κ3) is 8.58. The largest absolute Gasteiger partial charge is 0.352 e. The Kier molecular flexibility index (Phi) is 10.7. The first kappa shape index (κ1) is 31.6. The standard InChI is InChI=1S/C33H40ClN3O4S/c1-24-11-10-14-27(19-24)22-36(32(38)23-37(42(3,40)41)29-18-17-25(2)30(34)21-29)31(20-26-12-6-4-7-13-26)33(39)35-28-15-8-5-9-16-28/h4,6-7,10-14,17-19,21,28,31H,5,8-9,15-16,20,22-23H2,1-3H3,(H,35,39)/t31-/m0/s1. The summed E-state index contributed by atoms with van der Waals surface area (Å²) < 4.78 is 27.0. The number of carbonyl (C=O) groups is 2. The lowest BCUT2D eigenvalue weighted by Crippen LogP contribution is -2.55. The maximum absolute atomic E-state index is 14.2. The van der Waals surface area contributed by atoms with E-state index in [0.29, 0.717) is 17.1 Å². The third-order valence-corrected chi connectivity index (χ3v) is 9.33. The number of hydrogen-bond acceptors (Lipinski definition) is 4. The predicted octanol–water partition coefficient (Wildman–Crippen LogP) is 5.81. The van der Waals surface area contributed by atoms with Crippen LogP contribution >= 0.6 is 11.6 Å². The topological polar surface area (TPSA) is 86.8 Å². The van der Waals surface area contributed by atoms with Crippen molar-refractivity contribution in [2.75, 3.05) is 17.1 Å². The van der Waals surface area contributed by atoms with Crippen LogP contribution in [0.1, 0.15) is 54.4 Å². The molecule has 0 aliphatic heterocycles. The first-order valence-electron chi connectivity index (χ1n) is 14.4.